The number of benzene rings is 1. The molecule has 2 saturated heterocycles. The number of amides is 1. The molecule has 0 spiro atoms. The standard InChI is InChI=1S/C35H43N7O2/c1-2-33(43)42-20-19-41(22-27(42)14-16-36)34-30-15-18-40(32-11-5-8-26-7-3-4-10-29(26)32)23-31(30)37-35(38-34)44-24-28-9-6-17-39(28)21-25-12-13-25/h2-3,5,7-8,11,25,27-28H,1,4,6,9-10,12-15,17-24H2/t27?,28-/m0/s1. The first kappa shape index (κ1) is 28.8. The van der Waals surface area contributed by atoms with Crippen molar-refractivity contribution in [2.24, 2.45) is 5.92 Å². The predicted octanol–water partition coefficient (Wildman–Crippen LogP) is 4.37. The van der Waals surface area contributed by atoms with E-state index in [1.54, 1.807) is 4.90 Å². The van der Waals surface area contributed by atoms with Gasteiger partial charge in [-0.25, -0.2) is 0 Å². The van der Waals surface area contributed by atoms with E-state index in [1.165, 1.54) is 48.7 Å². The first-order valence-electron chi connectivity index (χ1n) is 16.5. The molecule has 230 valence electrons. The molecule has 9 nitrogen and oxygen atoms in total. The fourth-order valence-corrected chi connectivity index (χ4v) is 7.54. The molecule has 0 N–H and O–H groups in total. The molecule has 4 heterocycles. The van der Waals surface area contributed by atoms with Gasteiger partial charge in [0.05, 0.1) is 30.8 Å². The van der Waals surface area contributed by atoms with Crippen molar-refractivity contribution in [3.63, 3.8) is 0 Å². The summed E-state index contributed by atoms with van der Waals surface area (Å²) in [6, 6.07) is 9.54. The lowest BCUT2D eigenvalue weighted by molar-refractivity contribution is -0.128. The van der Waals surface area contributed by atoms with E-state index in [0.29, 0.717) is 44.8 Å². The van der Waals surface area contributed by atoms with Crippen LogP contribution in [-0.4, -0.2) is 83.6 Å². The minimum Gasteiger partial charge on any atom is -0.462 e. The Morgan fingerprint density at radius 2 is 1.98 bits per heavy atom. The highest BCUT2D eigenvalue weighted by Gasteiger charge is 2.35. The molecule has 1 aromatic carbocycles. The summed E-state index contributed by atoms with van der Waals surface area (Å²) in [6.45, 7) is 9.93. The van der Waals surface area contributed by atoms with Gasteiger partial charge < -0.3 is 19.4 Å². The number of allylic oxidation sites excluding steroid dienone is 1. The van der Waals surface area contributed by atoms with Crippen LogP contribution in [0.5, 0.6) is 6.01 Å². The molecular formula is C35H43N7O2. The third kappa shape index (κ3) is 5.92. The summed E-state index contributed by atoms with van der Waals surface area (Å²) in [7, 11) is 0. The lowest BCUT2D eigenvalue weighted by atomic mass is 9.94. The maximum atomic E-state index is 12.6. The van der Waals surface area contributed by atoms with Crippen LogP contribution in [0.3, 0.4) is 0 Å². The van der Waals surface area contributed by atoms with Crippen LogP contribution in [-0.2, 0) is 24.2 Å². The van der Waals surface area contributed by atoms with Crippen molar-refractivity contribution in [3.05, 3.63) is 59.3 Å². The minimum atomic E-state index is -0.215. The van der Waals surface area contributed by atoms with Crippen LogP contribution in [0.15, 0.2) is 36.9 Å². The van der Waals surface area contributed by atoms with Gasteiger partial charge in [0.1, 0.15) is 12.4 Å². The zero-order chi connectivity index (χ0) is 30.0. The maximum absolute atomic E-state index is 12.6. The Hall–Kier alpha value is -3.90. The second-order valence-corrected chi connectivity index (χ2v) is 13.0. The lowest BCUT2D eigenvalue weighted by Crippen LogP contribution is -2.55. The number of anilines is 2. The van der Waals surface area contributed by atoms with Crippen LogP contribution in [0.25, 0.3) is 6.08 Å². The van der Waals surface area contributed by atoms with Crippen molar-refractivity contribution in [2.75, 3.05) is 55.7 Å². The molecule has 0 bridgehead atoms. The molecule has 44 heavy (non-hydrogen) atoms. The zero-order valence-corrected chi connectivity index (χ0v) is 25.7. The molecular weight excluding hydrogens is 550 g/mol. The second kappa shape index (κ2) is 12.6. The predicted molar refractivity (Wildman–Crippen MR) is 172 cm³/mol. The lowest BCUT2D eigenvalue weighted by Gasteiger charge is -2.42. The summed E-state index contributed by atoms with van der Waals surface area (Å²) in [5.74, 6) is 1.64. The Morgan fingerprint density at radius 1 is 1.07 bits per heavy atom. The van der Waals surface area contributed by atoms with E-state index in [4.69, 9.17) is 14.7 Å². The molecule has 1 saturated carbocycles. The number of likely N-dealkylation sites (tertiary alicyclic amines) is 1. The average molecular weight is 594 g/mol. The molecule has 7 rings (SSSR count). The topological polar surface area (TPSA) is 88.8 Å². The SMILES string of the molecule is C=CC(=O)N1CCN(c2nc(OC[C@@H]3CCCN3CC3CC3)nc3c2CCN(c2cccc4c2CCC=C4)C3)CC1CC#N. The number of carbonyl (C=O) groups excluding carboxylic acids is 1. The molecule has 1 amide bonds. The minimum absolute atomic E-state index is 0.123. The van der Waals surface area contributed by atoms with E-state index >= 15 is 0 Å². The van der Waals surface area contributed by atoms with Crippen LogP contribution in [0, 0.1) is 17.2 Å². The van der Waals surface area contributed by atoms with Crippen molar-refractivity contribution in [3.8, 4) is 12.1 Å². The fourth-order valence-electron chi connectivity index (χ4n) is 7.54. The Bertz CT molecular complexity index is 1480. The highest BCUT2D eigenvalue weighted by Crippen LogP contribution is 2.36. The molecule has 2 atom stereocenters. The molecule has 1 unspecified atom stereocenters. The van der Waals surface area contributed by atoms with E-state index in [2.05, 4.69) is 57.7 Å². The highest BCUT2D eigenvalue weighted by molar-refractivity contribution is 5.87. The first-order valence-corrected chi connectivity index (χ1v) is 16.5. The van der Waals surface area contributed by atoms with Crippen LogP contribution >= 0.6 is 0 Å². The summed E-state index contributed by atoms with van der Waals surface area (Å²) >= 11 is 0. The normalized spacial score (nSPS) is 23.2. The summed E-state index contributed by atoms with van der Waals surface area (Å²) in [5, 5.41) is 9.57. The van der Waals surface area contributed by atoms with Crippen LogP contribution < -0.4 is 14.5 Å². The Balaban J connectivity index is 1.17. The molecule has 3 fully saturated rings. The van der Waals surface area contributed by atoms with Gasteiger partial charge in [-0.05, 0) is 80.7 Å². The van der Waals surface area contributed by atoms with Gasteiger partial charge in [-0.3, -0.25) is 9.69 Å². The first-order chi connectivity index (χ1) is 21.6. The van der Waals surface area contributed by atoms with Crippen LogP contribution in [0.2, 0.25) is 0 Å². The van der Waals surface area contributed by atoms with Crippen molar-refractivity contribution >= 4 is 23.5 Å². The molecule has 2 aromatic rings. The van der Waals surface area contributed by atoms with Crippen molar-refractivity contribution in [1.29, 1.82) is 5.26 Å². The van der Waals surface area contributed by atoms with Gasteiger partial charge in [0.15, 0.2) is 0 Å². The van der Waals surface area contributed by atoms with Gasteiger partial charge in [0.2, 0.25) is 5.91 Å². The third-order valence-corrected chi connectivity index (χ3v) is 10.1. The van der Waals surface area contributed by atoms with Crippen molar-refractivity contribution in [1.82, 2.24) is 19.8 Å². The van der Waals surface area contributed by atoms with Gasteiger partial charge in [-0.1, -0.05) is 30.9 Å². The van der Waals surface area contributed by atoms with E-state index in [0.717, 1.165) is 61.8 Å². The number of nitrogens with zero attached hydrogens (tertiary/aromatic N) is 7. The van der Waals surface area contributed by atoms with Crippen LogP contribution in [0.4, 0.5) is 11.5 Å². The number of nitriles is 1. The number of fused-ring (bicyclic) bond motifs is 2. The van der Waals surface area contributed by atoms with E-state index < -0.39 is 0 Å². The maximum Gasteiger partial charge on any atom is 0.318 e. The van der Waals surface area contributed by atoms with Gasteiger partial charge in [-0.15, -0.1) is 0 Å². The van der Waals surface area contributed by atoms with E-state index in [1.807, 2.05) is 0 Å². The molecule has 1 aromatic heterocycles. The summed E-state index contributed by atoms with van der Waals surface area (Å²) in [6.07, 6.45) is 14.2. The summed E-state index contributed by atoms with van der Waals surface area (Å²) in [4.78, 5) is 31.8. The van der Waals surface area contributed by atoms with Crippen LogP contribution in [0.1, 0.15) is 60.9 Å². The van der Waals surface area contributed by atoms with Gasteiger partial charge >= 0.3 is 6.01 Å². The fraction of sp³-hybridized carbons (Fsp3) is 0.543. The largest absolute Gasteiger partial charge is 0.462 e. The average Bonchev–Trinajstić information content (AvgIpc) is 3.78. The molecule has 2 aliphatic carbocycles. The number of rotatable bonds is 9. The van der Waals surface area contributed by atoms with E-state index in [9.17, 15) is 10.1 Å². The number of carbonyl (C=O) groups is 1. The smallest absolute Gasteiger partial charge is 0.318 e. The highest BCUT2D eigenvalue weighted by atomic mass is 16.5. The van der Waals surface area contributed by atoms with Gasteiger partial charge in [0.25, 0.3) is 0 Å². The third-order valence-electron chi connectivity index (χ3n) is 10.1. The number of hydrogen-bond acceptors (Lipinski definition) is 8. The van der Waals surface area contributed by atoms with Gasteiger partial charge in [-0.2, -0.15) is 15.2 Å². The summed E-state index contributed by atoms with van der Waals surface area (Å²) < 4.78 is 6.45. The number of ether oxygens (including phenoxy) is 1. The molecule has 9 heteroatoms. The second-order valence-electron chi connectivity index (χ2n) is 13.0. The number of piperazine rings is 1. The number of aromatic nitrogens is 2. The quantitative estimate of drug-likeness (QED) is 0.396. The Kier molecular flexibility index (Phi) is 8.26. The zero-order valence-electron chi connectivity index (χ0n) is 25.7. The van der Waals surface area contributed by atoms with Crippen molar-refractivity contribution < 1.29 is 9.53 Å². The van der Waals surface area contributed by atoms with Gasteiger partial charge in [0, 0.05) is 50.0 Å². The molecule has 0 radical (unpaired) electrons. The van der Waals surface area contributed by atoms with E-state index in [-0.39, 0.29) is 18.4 Å². The summed E-state index contributed by atoms with van der Waals surface area (Å²) in [5.41, 5.74) is 6.21. The Morgan fingerprint density at radius 3 is 2.82 bits per heavy atom. The Labute approximate surface area is 260 Å². The number of hydrogen-bond donors (Lipinski definition) is 0. The molecule has 3 aliphatic heterocycles. The molecule has 5 aliphatic rings. The monoisotopic (exact) mass is 593 g/mol. The van der Waals surface area contributed by atoms with Crippen molar-refractivity contribution in [2.45, 2.75) is 70.0 Å².